The first-order valence-corrected chi connectivity index (χ1v) is 8.82. The van der Waals surface area contributed by atoms with Gasteiger partial charge in [0.25, 0.3) is 0 Å². The van der Waals surface area contributed by atoms with Crippen LogP contribution < -0.4 is 10.6 Å². The molecule has 22 heavy (non-hydrogen) atoms. The van der Waals surface area contributed by atoms with Gasteiger partial charge in [-0.1, -0.05) is 12.1 Å². The van der Waals surface area contributed by atoms with E-state index >= 15 is 0 Å². The minimum Gasteiger partial charge on any atom is -0.383 e. The summed E-state index contributed by atoms with van der Waals surface area (Å²) in [5.41, 5.74) is 2.11. The summed E-state index contributed by atoms with van der Waals surface area (Å²) in [4.78, 5) is 14.3. The third-order valence-electron chi connectivity index (χ3n) is 3.49. The summed E-state index contributed by atoms with van der Waals surface area (Å²) in [5, 5.41) is 5.97. The van der Waals surface area contributed by atoms with Crippen molar-refractivity contribution in [2.45, 2.75) is 6.54 Å². The molecular formula is C16H25N3O2S. The Hall–Kier alpha value is -1.08. The first kappa shape index (κ1) is 17.3. The molecule has 5 nitrogen and oxygen atoms in total. The molecule has 1 saturated heterocycles. The Morgan fingerprint density at radius 1 is 1.36 bits per heavy atom. The minimum atomic E-state index is -0.0253. The Kier molecular flexibility index (Phi) is 7.73. The van der Waals surface area contributed by atoms with Crippen molar-refractivity contribution in [2.75, 3.05) is 56.7 Å². The van der Waals surface area contributed by atoms with Gasteiger partial charge >= 0.3 is 0 Å². The standard InChI is InChI=1S/C16H25N3O2S/c1-21-8-5-17-12-16(20)18-15-4-2-3-14(11-15)13-19-6-9-22-10-7-19/h2-4,11,17H,5-10,12-13H2,1H3,(H,18,20). The molecule has 1 aromatic rings. The maximum absolute atomic E-state index is 11.8. The van der Waals surface area contributed by atoms with Crippen molar-refractivity contribution in [3.05, 3.63) is 29.8 Å². The number of amides is 1. The monoisotopic (exact) mass is 323 g/mol. The highest BCUT2D eigenvalue weighted by atomic mass is 32.2. The third-order valence-corrected chi connectivity index (χ3v) is 4.43. The van der Waals surface area contributed by atoms with E-state index in [-0.39, 0.29) is 5.91 Å². The van der Waals surface area contributed by atoms with Crippen molar-refractivity contribution < 1.29 is 9.53 Å². The van der Waals surface area contributed by atoms with Crippen LogP contribution in [0.2, 0.25) is 0 Å². The third kappa shape index (κ3) is 6.36. The van der Waals surface area contributed by atoms with Gasteiger partial charge in [0, 0.05) is 50.5 Å². The highest BCUT2D eigenvalue weighted by Gasteiger charge is 2.11. The quantitative estimate of drug-likeness (QED) is 0.709. The van der Waals surface area contributed by atoms with Crippen molar-refractivity contribution in [1.82, 2.24) is 10.2 Å². The molecule has 1 aromatic carbocycles. The van der Waals surface area contributed by atoms with Crippen molar-refractivity contribution in [1.29, 1.82) is 0 Å². The number of hydrogen-bond acceptors (Lipinski definition) is 5. The highest BCUT2D eigenvalue weighted by Crippen LogP contribution is 2.16. The fraction of sp³-hybridized carbons (Fsp3) is 0.562. The van der Waals surface area contributed by atoms with Gasteiger partial charge in [-0.2, -0.15) is 11.8 Å². The van der Waals surface area contributed by atoms with Gasteiger partial charge in [-0.25, -0.2) is 0 Å². The van der Waals surface area contributed by atoms with Crippen LogP contribution in [0.25, 0.3) is 0 Å². The Labute approximate surface area is 136 Å². The average molecular weight is 323 g/mol. The Morgan fingerprint density at radius 3 is 2.95 bits per heavy atom. The van der Waals surface area contributed by atoms with E-state index in [4.69, 9.17) is 4.74 Å². The molecule has 0 spiro atoms. The summed E-state index contributed by atoms with van der Waals surface area (Å²) >= 11 is 2.02. The molecule has 0 saturated carbocycles. The first-order chi connectivity index (χ1) is 10.8. The van der Waals surface area contributed by atoms with Crippen molar-refractivity contribution in [2.24, 2.45) is 0 Å². The number of rotatable bonds is 8. The largest absolute Gasteiger partial charge is 0.383 e. The number of thioether (sulfide) groups is 1. The van der Waals surface area contributed by atoms with Crippen molar-refractivity contribution in [3.63, 3.8) is 0 Å². The van der Waals surface area contributed by atoms with Crippen molar-refractivity contribution in [3.8, 4) is 0 Å². The second kappa shape index (κ2) is 9.84. The van der Waals surface area contributed by atoms with E-state index in [1.165, 1.54) is 17.1 Å². The SMILES string of the molecule is COCCNCC(=O)Nc1cccc(CN2CCSCC2)c1. The van der Waals surface area contributed by atoms with Gasteiger partial charge in [-0.3, -0.25) is 9.69 Å². The topological polar surface area (TPSA) is 53.6 Å². The van der Waals surface area contributed by atoms with Crippen LogP contribution in [0.15, 0.2) is 24.3 Å². The normalized spacial score (nSPS) is 15.7. The van der Waals surface area contributed by atoms with E-state index < -0.39 is 0 Å². The summed E-state index contributed by atoms with van der Waals surface area (Å²) in [5.74, 6) is 2.40. The number of carbonyl (C=O) groups is 1. The number of methoxy groups -OCH3 is 1. The molecule has 1 amide bonds. The van der Waals surface area contributed by atoms with Crippen LogP contribution in [0.5, 0.6) is 0 Å². The predicted molar refractivity (Wildman–Crippen MR) is 92.4 cm³/mol. The summed E-state index contributed by atoms with van der Waals surface area (Å²) in [6.07, 6.45) is 0. The fourth-order valence-corrected chi connectivity index (χ4v) is 3.32. The summed E-state index contributed by atoms with van der Waals surface area (Å²) in [6.45, 7) is 4.83. The highest BCUT2D eigenvalue weighted by molar-refractivity contribution is 7.99. The second-order valence-corrected chi connectivity index (χ2v) is 6.53. The predicted octanol–water partition coefficient (Wildman–Crippen LogP) is 1.41. The van der Waals surface area contributed by atoms with E-state index in [1.807, 2.05) is 23.9 Å². The molecular weight excluding hydrogens is 298 g/mol. The van der Waals surface area contributed by atoms with Crippen LogP contribution in [0.1, 0.15) is 5.56 Å². The molecule has 0 bridgehead atoms. The molecule has 2 rings (SSSR count). The second-order valence-electron chi connectivity index (χ2n) is 5.31. The van der Waals surface area contributed by atoms with E-state index in [0.29, 0.717) is 19.7 Å². The van der Waals surface area contributed by atoms with Gasteiger partial charge in [-0.15, -0.1) is 0 Å². The molecule has 0 aromatic heterocycles. The van der Waals surface area contributed by atoms with Gasteiger partial charge in [0.05, 0.1) is 13.2 Å². The first-order valence-electron chi connectivity index (χ1n) is 7.66. The van der Waals surface area contributed by atoms with Gasteiger partial charge in [0.15, 0.2) is 0 Å². The number of ether oxygens (including phenoxy) is 1. The molecule has 0 aliphatic carbocycles. The number of benzene rings is 1. The van der Waals surface area contributed by atoms with Gasteiger partial charge in [0.1, 0.15) is 0 Å². The van der Waals surface area contributed by atoms with E-state index in [0.717, 1.165) is 25.3 Å². The molecule has 0 radical (unpaired) electrons. The lowest BCUT2D eigenvalue weighted by atomic mass is 10.2. The minimum absolute atomic E-state index is 0.0253. The maximum Gasteiger partial charge on any atom is 0.238 e. The zero-order chi connectivity index (χ0) is 15.6. The van der Waals surface area contributed by atoms with Crippen LogP contribution >= 0.6 is 11.8 Å². The zero-order valence-corrected chi connectivity index (χ0v) is 14.0. The van der Waals surface area contributed by atoms with Crippen LogP contribution in [-0.2, 0) is 16.1 Å². The Balaban J connectivity index is 1.78. The number of anilines is 1. The fourth-order valence-electron chi connectivity index (χ4n) is 2.35. The summed E-state index contributed by atoms with van der Waals surface area (Å²) in [6, 6.07) is 8.12. The lowest BCUT2D eigenvalue weighted by Crippen LogP contribution is -2.32. The molecule has 0 atom stereocenters. The number of nitrogens with one attached hydrogen (secondary N) is 2. The Bertz CT molecular complexity index is 464. The van der Waals surface area contributed by atoms with Gasteiger partial charge in [0.2, 0.25) is 5.91 Å². The van der Waals surface area contributed by atoms with E-state index in [2.05, 4.69) is 27.7 Å². The van der Waals surface area contributed by atoms with Crippen molar-refractivity contribution >= 4 is 23.4 Å². The molecule has 6 heteroatoms. The maximum atomic E-state index is 11.8. The lowest BCUT2D eigenvalue weighted by molar-refractivity contribution is -0.115. The van der Waals surface area contributed by atoms with Gasteiger partial charge in [-0.05, 0) is 17.7 Å². The zero-order valence-electron chi connectivity index (χ0n) is 13.1. The van der Waals surface area contributed by atoms with Crippen LogP contribution in [0.3, 0.4) is 0 Å². The molecule has 1 heterocycles. The Morgan fingerprint density at radius 2 is 2.18 bits per heavy atom. The number of nitrogens with zero attached hydrogens (tertiary/aromatic N) is 1. The molecule has 0 unspecified atom stereocenters. The molecule has 2 N–H and O–H groups in total. The van der Waals surface area contributed by atoms with E-state index in [1.54, 1.807) is 7.11 Å². The van der Waals surface area contributed by atoms with Crippen LogP contribution in [-0.4, -0.2) is 62.2 Å². The van der Waals surface area contributed by atoms with Crippen LogP contribution in [0.4, 0.5) is 5.69 Å². The summed E-state index contributed by atoms with van der Waals surface area (Å²) in [7, 11) is 1.65. The molecule has 1 fully saturated rings. The molecule has 1 aliphatic heterocycles. The number of hydrogen-bond donors (Lipinski definition) is 2. The summed E-state index contributed by atoms with van der Waals surface area (Å²) < 4.78 is 4.93. The van der Waals surface area contributed by atoms with Gasteiger partial charge < -0.3 is 15.4 Å². The smallest absolute Gasteiger partial charge is 0.238 e. The molecule has 122 valence electrons. The average Bonchev–Trinajstić information content (AvgIpc) is 2.53. The lowest BCUT2D eigenvalue weighted by Gasteiger charge is -2.26. The van der Waals surface area contributed by atoms with E-state index in [9.17, 15) is 4.79 Å². The van der Waals surface area contributed by atoms with Crippen LogP contribution in [0, 0.1) is 0 Å². The number of carbonyl (C=O) groups excluding carboxylic acids is 1. The molecule has 1 aliphatic rings.